The van der Waals surface area contributed by atoms with E-state index in [2.05, 4.69) is 80.7 Å². The van der Waals surface area contributed by atoms with E-state index in [1.165, 1.54) is 12.8 Å². The standard InChI is InChI=1S/C50H81NO7/c1-6-8-10-12-14-16-18-20-22-23-24-25-27-29-31-33-35-37-39-41-49(53)58-46(44-56-43-42-47(50(54)55)51(3,4)5)45-57-48(52)40-38-36-34-32-30-28-26-21-19-17-15-13-11-9-7-2/h8-11,13-17,19-22,24-26,46-47H,6-7,12,18,23,27-45H2,1-5H3/b10-8+,11-9+,15-13+,16-14+,19-17+,22-20+,25-24+,26-21+. The van der Waals surface area contributed by atoms with Gasteiger partial charge < -0.3 is 28.6 Å². The second kappa shape index (κ2) is 40.0. The van der Waals surface area contributed by atoms with Crippen molar-refractivity contribution in [2.24, 2.45) is 0 Å². The average Bonchev–Trinajstić information content (AvgIpc) is 3.18. The van der Waals surface area contributed by atoms with Crippen LogP contribution in [0.1, 0.15) is 149 Å². The minimum Gasteiger partial charge on any atom is -0.544 e. The zero-order valence-electron chi connectivity index (χ0n) is 37.2. The van der Waals surface area contributed by atoms with E-state index in [1.807, 2.05) is 30.4 Å². The van der Waals surface area contributed by atoms with E-state index in [-0.39, 0.29) is 42.7 Å². The molecule has 8 nitrogen and oxygen atoms in total. The number of hydrogen-bond donors (Lipinski definition) is 0. The Balaban J connectivity index is 4.42. The van der Waals surface area contributed by atoms with Gasteiger partial charge in [-0.3, -0.25) is 9.59 Å². The third-order valence-corrected chi connectivity index (χ3v) is 9.31. The van der Waals surface area contributed by atoms with Crippen molar-refractivity contribution in [2.45, 2.75) is 161 Å². The maximum atomic E-state index is 12.7. The molecule has 0 radical (unpaired) electrons. The number of unbranched alkanes of at least 4 members (excludes halogenated alkanes) is 11. The van der Waals surface area contributed by atoms with Crippen LogP contribution in [0.2, 0.25) is 0 Å². The van der Waals surface area contributed by atoms with Gasteiger partial charge in [0.1, 0.15) is 12.6 Å². The lowest BCUT2D eigenvalue weighted by atomic mass is 10.1. The molecule has 8 heteroatoms. The lowest BCUT2D eigenvalue weighted by Gasteiger charge is -2.34. The Labute approximate surface area is 354 Å². The molecule has 0 aromatic heterocycles. The topological polar surface area (TPSA) is 102 Å². The Kier molecular flexibility index (Phi) is 37.5. The third kappa shape index (κ3) is 37.8. The molecular weight excluding hydrogens is 727 g/mol. The number of carbonyl (C=O) groups is 3. The average molecular weight is 808 g/mol. The summed E-state index contributed by atoms with van der Waals surface area (Å²) in [5, 5.41) is 11.6. The lowest BCUT2D eigenvalue weighted by molar-refractivity contribution is -0.889. The smallest absolute Gasteiger partial charge is 0.306 e. The number of carbonyl (C=O) groups excluding carboxylic acids is 3. The highest BCUT2D eigenvalue weighted by atomic mass is 16.6. The van der Waals surface area contributed by atoms with Crippen molar-refractivity contribution in [1.82, 2.24) is 0 Å². The zero-order chi connectivity index (χ0) is 42.8. The second-order valence-corrected chi connectivity index (χ2v) is 15.6. The van der Waals surface area contributed by atoms with Crippen molar-refractivity contribution in [1.29, 1.82) is 0 Å². The largest absolute Gasteiger partial charge is 0.544 e. The number of aliphatic carboxylic acids is 1. The van der Waals surface area contributed by atoms with Crippen LogP contribution in [0.3, 0.4) is 0 Å². The number of ether oxygens (including phenoxy) is 3. The molecule has 0 N–H and O–H groups in total. The van der Waals surface area contributed by atoms with E-state index in [1.54, 1.807) is 21.1 Å². The first-order chi connectivity index (χ1) is 28.1. The number of likely N-dealkylation sites (N-methyl/N-ethyl adjacent to an activating group) is 1. The molecule has 0 saturated carbocycles. The van der Waals surface area contributed by atoms with Crippen molar-refractivity contribution in [3.05, 3.63) is 97.2 Å². The Morgan fingerprint density at radius 2 is 1.00 bits per heavy atom. The van der Waals surface area contributed by atoms with Gasteiger partial charge in [0.05, 0.1) is 40.3 Å². The molecule has 0 aliphatic carbocycles. The summed E-state index contributed by atoms with van der Waals surface area (Å²) < 4.78 is 17.1. The fourth-order valence-electron chi connectivity index (χ4n) is 5.89. The summed E-state index contributed by atoms with van der Waals surface area (Å²) in [7, 11) is 5.38. The van der Waals surface area contributed by atoms with Gasteiger partial charge in [-0.15, -0.1) is 0 Å². The summed E-state index contributed by atoms with van der Waals surface area (Å²) in [5.41, 5.74) is 0. The molecule has 328 valence electrons. The first-order valence-electron chi connectivity index (χ1n) is 22.3. The van der Waals surface area contributed by atoms with Gasteiger partial charge in [-0.05, 0) is 70.6 Å². The van der Waals surface area contributed by atoms with Gasteiger partial charge in [0.2, 0.25) is 0 Å². The maximum absolute atomic E-state index is 12.7. The van der Waals surface area contributed by atoms with Gasteiger partial charge in [-0.25, -0.2) is 0 Å². The van der Waals surface area contributed by atoms with E-state index in [4.69, 9.17) is 14.2 Å². The highest BCUT2D eigenvalue weighted by molar-refractivity contribution is 5.70. The fraction of sp³-hybridized carbons (Fsp3) is 0.620. The molecule has 0 aromatic rings. The van der Waals surface area contributed by atoms with Gasteiger partial charge in [-0.2, -0.15) is 0 Å². The van der Waals surface area contributed by atoms with Gasteiger partial charge in [0.25, 0.3) is 0 Å². The summed E-state index contributed by atoms with van der Waals surface area (Å²) in [4.78, 5) is 36.9. The summed E-state index contributed by atoms with van der Waals surface area (Å²) in [6.07, 6.45) is 52.8. The van der Waals surface area contributed by atoms with Gasteiger partial charge in [0, 0.05) is 19.3 Å². The Bertz CT molecular complexity index is 1260. The number of hydrogen-bond acceptors (Lipinski definition) is 7. The van der Waals surface area contributed by atoms with Crippen LogP contribution in [-0.4, -0.2) is 75.5 Å². The van der Waals surface area contributed by atoms with Gasteiger partial charge in [-0.1, -0.05) is 156 Å². The van der Waals surface area contributed by atoms with Gasteiger partial charge >= 0.3 is 11.9 Å². The monoisotopic (exact) mass is 808 g/mol. The first kappa shape index (κ1) is 54.2. The van der Waals surface area contributed by atoms with Crippen LogP contribution >= 0.6 is 0 Å². The maximum Gasteiger partial charge on any atom is 0.306 e. The minimum absolute atomic E-state index is 0.0203. The van der Waals surface area contributed by atoms with Crippen LogP contribution in [0.15, 0.2) is 97.2 Å². The molecule has 58 heavy (non-hydrogen) atoms. The van der Waals surface area contributed by atoms with Crippen molar-refractivity contribution in [2.75, 3.05) is 41.0 Å². The van der Waals surface area contributed by atoms with E-state index >= 15 is 0 Å². The third-order valence-electron chi connectivity index (χ3n) is 9.31. The quantitative estimate of drug-likeness (QED) is 0.0201. The first-order valence-corrected chi connectivity index (χ1v) is 22.3. The van der Waals surface area contributed by atoms with E-state index in [9.17, 15) is 19.5 Å². The molecule has 2 unspecified atom stereocenters. The predicted molar refractivity (Wildman–Crippen MR) is 240 cm³/mol. The Morgan fingerprint density at radius 3 is 1.55 bits per heavy atom. The number of carboxylic acids is 1. The summed E-state index contributed by atoms with van der Waals surface area (Å²) >= 11 is 0. The summed E-state index contributed by atoms with van der Waals surface area (Å²) in [6, 6.07) is -0.738. The van der Waals surface area contributed by atoms with Crippen molar-refractivity contribution >= 4 is 17.9 Å². The SMILES string of the molecule is CC/C=C/C=C/C=C/C=C/CCCCCCCC(=O)OCC(COCCC(C(=O)[O-])[N+](C)(C)C)OC(=O)CCCCCCCC/C=C/C/C=C/C/C=C/C/C=C/CC. The normalized spacial score (nSPS) is 13.9. The van der Waals surface area contributed by atoms with Crippen molar-refractivity contribution in [3.63, 3.8) is 0 Å². The Hall–Kier alpha value is -3.75. The van der Waals surface area contributed by atoms with Crippen LogP contribution in [0.5, 0.6) is 0 Å². The predicted octanol–water partition coefficient (Wildman–Crippen LogP) is 11.0. The van der Waals surface area contributed by atoms with Crippen LogP contribution < -0.4 is 5.11 Å². The van der Waals surface area contributed by atoms with Crippen LogP contribution in [0.25, 0.3) is 0 Å². The Morgan fingerprint density at radius 1 is 0.534 bits per heavy atom. The zero-order valence-corrected chi connectivity index (χ0v) is 37.2. The minimum atomic E-state index is -1.14. The molecule has 0 amide bonds. The highest BCUT2D eigenvalue weighted by Gasteiger charge is 2.25. The highest BCUT2D eigenvalue weighted by Crippen LogP contribution is 2.13. The second-order valence-electron chi connectivity index (χ2n) is 15.6. The molecule has 0 saturated heterocycles. The van der Waals surface area contributed by atoms with Gasteiger partial charge in [0.15, 0.2) is 6.10 Å². The molecule has 2 atom stereocenters. The van der Waals surface area contributed by atoms with Crippen LogP contribution in [0, 0.1) is 0 Å². The molecule has 0 bridgehead atoms. The molecule has 0 aliphatic heterocycles. The number of allylic oxidation sites excluding steroid dienone is 16. The van der Waals surface area contributed by atoms with Crippen molar-refractivity contribution in [3.8, 4) is 0 Å². The molecule has 0 rings (SSSR count). The number of carboxylic acid groups (broad SMARTS) is 1. The fourth-order valence-corrected chi connectivity index (χ4v) is 5.89. The van der Waals surface area contributed by atoms with Crippen molar-refractivity contribution < 1.29 is 38.2 Å². The number of quaternary nitrogens is 1. The molecular formula is C50H81NO7. The van der Waals surface area contributed by atoms with E-state index in [0.717, 1.165) is 103 Å². The molecule has 0 spiro atoms. The van der Waals surface area contributed by atoms with Crippen LogP contribution in [-0.2, 0) is 28.6 Å². The molecule has 0 heterocycles. The summed E-state index contributed by atoms with van der Waals surface area (Å²) in [5.74, 6) is -1.80. The number of rotatable bonds is 38. The molecule has 0 aliphatic rings. The summed E-state index contributed by atoms with van der Waals surface area (Å²) in [6.45, 7) is 4.35. The molecule has 0 fully saturated rings. The van der Waals surface area contributed by atoms with E-state index < -0.39 is 18.1 Å². The number of nitrogens with zero attached hydrogens (tertiary/aromatic N) is 1. The molecule has 0 aromatic carbocycles. The number of esters is 2. The van der Waals surface area contributed by atoms with E-state index in [0.29, 0.717) is 12.8 Å². The van der Waals surface area contributed by atoms with Crippen LogP contribution in [0.4, 0.5) is 0 Å². The lowest BCUT2D eigenvalue weighted by Crippen LogP contribution is -2.55.